The molecule has 1 heteroatoms. The summed E-state index contributed by atoms with van der Waals surface area (Å²) in [6.07, 6.45) is 0. The lowest BCUT2D eigenvalue weighted by Crippen LogP contribution is -1.77. The largest absolute Gasteiger partial charge is 0.0843 e. The highest BCUT2D eigenvalue weighted by Crippen LogP contribution is 2.23. The van der Waals surface area contributed by atoms with Gasteiger partial charge in [0.05, 0.1) is 0 Å². The van der Waals surface area contributed by atoms with E-state index >= 15 is 0 Å². The minimum Gasteiger partial charge on any atom is -0.0843 e. The third-order valence-corrected chi connectivity index (χ3v) is 2.68. The third-order valence-electron chi connectivity index (χ3n) is 2.45. The minimum absolute atomic E-state index is 0.738. The molecule has 0 bridgehead atoms. The second-order valence-electron chi connectivity index (χ2n) is 3.49. The molecule has 0 saturated heterocycles. The summed E-state index contributed by atoms with van der Waals surface area (Å²) in [5.74, 6) is 0. The summed E-state index contributed by atoms with van der Waals surface area (Å²) in [5.41, 5.74) is 0. The zero-order valence-corrected chi connectivity index (χ0v) is 8.68. The van der Waals surface area contributed by atoms with Crippen molar-refractivity contribution in [3.05, 3.63) is 59.6 Å². The maximum absolute atomic E-state index is 5.94. The number of hydrogen-bond acceptors (Lipinski definition) is 0. The molecular weight excluding hydrogens is 204 g/mol. The summed E-state index contributed by atoms with van der Waals surface area (Å²) < 4.78 is 0. The maximum Gasteiger partial charge on any atom is 0.0412 e. The molecule has 0 aliphatic heterocycles. The molecule has 0 spiro atoms. The molecule has 0 N–H and O–H groups in total. The van der Waals surface area contributed by atoms with Crippen LogP contribution in [0.15, 0.2) is 42.5 Å². The van der Waals surface area contributed by atoms with Gasteiger partial charge in [-0.05, 0) is 45.8 Å². The van der Waals surface area contributed by atoms with Crippen molar-refractivity contribution in [3.63, 3.8) is 0 Å². The lowest BCUT2D eigenvalue weighted by Gasteiger charge is -2.01. The Morgan fingerprint density at radius 1 is 0.733 bits per heavy atom. The fourth-order valence-electron chi connectivity index (χ4n) is 1.72. The van der Waals surface area contributed by atoms with Crippen LogP contribution >= 0.6 is 11.6 Å². The molecule has 0 unspecified atom stereocenters. The van der Waals surface area contributed by atoms with Crippen LogP contribution in [0.5, 0.6) is 0 Å². The molecule has 70 valence electrons. The van der Waals surface area contributed by atoms with Crippen LogP contribution in [0.2, 0.25) is 5.02 Å². The van der Waals surface area contributed by atoms with Gasteiger partial charge in [0.1, 0.15) is 0 Å². The average molecular weight is 211 g/mol. The van der Waals surface area contributed by atoms with E-state index in [0.29, 0.717) is 0 Å². The van der Waals surface area contributed by atoms with Crippen molar-refractivity contribution in [2.24, 2.45) is 0 Å². The smallest absolute Gasteiger partial charge is 0.0412 e. The lowest BCUT2D eigenvalue weighted by atomic mass is 10.0. The van der Waals surface area contributed by atoms with E-state index in [2.05, 4.69) is 12.1 Å². The van der Waals surface area contributed by atoms with Crippen molar-refractivity contribution in [2.45, 2.75) is 0 Å². The van der Waals surface area contributed by atoms with Gasteiger partial charge in [0.2, 0.25) is 0 Å². The molecule has 0 aliphatic carbocycles. The minimum atomic E-state index is 0.738. The third kappa shape index (κ3) is 1.47. The molecule has 0 fully saturated rings. The van der Waals surface area contributed by atoms with Crippen LogP contribution in [0, 0.1) is 12.1 Å². The Morgan fingerprint density at radius 3 is 2.07 bits per heavy atom. The lowest BCUT2D eigenvalue weighted by molar-refractivity contribution is 1.75. The van der Waals surface area contributed by atoms with E-state index in [-0.39, 0.29) is 0 Å². The fourth-order valence-corrected chi connectivity index (χ4v) is 1.89. The number of halogens is 1. The number of rotatable bonds is 0. The first-order chi connectivity index (χ1) is 7.33. The van der Waals surface area contributed by atoms with E-state index in [1.54, 1.807) is 0 Å². The predicted octanol–water partition coefficient (Wildman–Crippen LogP) is 4.25. The summed E-state index contributed by atoms with van der Waals surface area (Å²) in [4.78, 5) is 0. The monoisotopic (exact) mass is 210 g/mol. The zero-order chi connectivity index (χ0) is 10.3. The molecule has 0 nitrogen and oxygen atoms in total. The van der Waals surface area contributed by atoms with Crippen molar-refractivity contribution in [1.29, 1.82) is 0 Å². The Balaban J connectivity index is 2.47. The van der Waals surface area contributed by atoms with Crippen LogP contribution in [-0.2, 0) is 0 Å². The van der Waals surface area contributed by atoms with Gasteiger partial charge >= 0.3 is 0 Å². The summed E-state index contributed by atoms with van der Waals surface area (Å²) in [6.45, 7) is 0. The molecule has 0 atom stereocenters. The molecule has 0 amide bonds. The van der Waals surface area contributed by atoms with Crippen molar-refractivity contribution < 1.29 is 0 Å². The second kappa shape index (κ2) is 3.25. The highest BCUT2D eigenvalue weighted by atomic mass is 35.5. The van der Waals surface area contributed by atoms with Crippen LogP contribution in [0.1, 0.15) is 0 Å². The van der Waals surface area contributed by atoms with E-state index in [0.717, 1.165) is 26.6 Å². The van der Waals surface area contributed by atoms with Gasteiger partial charge < -0.3 is 0 Å². The molecular formula is C14H7Cl. The molecule has 0 aliphatic rings. The maximum atomic E-state index is 5.94. The van der Waals surface area contributed by atoms with E-state index in [1.807, 2.05) is 42.5 Å². The van der Waals surface area contributed by atoms with Gasteiger partial charge in [-0.3, -0.25) is 0 Å². The first kappa shape index (κ1) is 8.75. The topological polar surface area (TPSA) is 0 Å². The molecule has 3 aromatic rings. The molecule has 3 rings (SSSR count). The molecule has 2 radical (unpaired) electrons. The van der Waals surface area contributed by atoms with Gasteiger partial charge in [0, 0.05) is 5.02 Å². The standard InChI is InChI=1S/C14H7Cl/c15-14-6-5-12-7-10-3-1-2-4-11(10)8-13(12)9-14/h1-6,9H. The second-order valence-corrected chi connectivity index (χ2v) is 3.92. The van der Waals surface area contributed by atoms with Gasteiger partial charge in [-0.2, -0.15) is 0 Å². The zero-order valence-electron chi connectivity index (χ0n) is 7.92. The Kier molecular flexibility index (Phi) is 1.90. The first-order valence-electron chi connectivity index (χ1n) is 4.75. The van der Waals surface area contributed by atoms with E-state index in [4.69, 9.17) is 11.6 Å². The Morgan fingerprint density at radius 2 is 1.33 bits per heavy atom. The normalized spacial score (nSPS) is 11.0. The summed E-state index contributed by atoms with van der Waals surface area (Å²) in [5, 5.41) is 4.97. The predicted molar refractivity (Wildman–Crippen MR) is 64.1 cm³/mol. The van der Waals surface area contributed by atoms with Crippen LogP contribution in [0.4, 0.5) is 0 Å². The van der Waals surface area contributed by atoms with Crippen LogP contribution in [0.3, 0.4) is 0 Å². The van der Waals surface area contributed by atoms with Crippen LogP contribution in [0.25, 0.3) is 21.5 Å². The summed E-state index contributed by atoms with van der Waals surface area (Å²) in [7, 11) is 0. The van der Waals surface area contributed by atoms with Gasteiger partial charge in [-0.1, -0.05) is 41.9 Å². The molecule has 0 heterocycles. The van der Waals surface area contributed by atoms with Crippen molar-refractivity contribution in [2.75, 3.05) is 0 Å². The Labute approximate surface area is 93.1 Å². The SMILES string of the molecule is Clc1ccc2[c]c3ccccc3[c]c2c1. The average Bonchev–Trinajstić information content (AvgIpc) is 2.26. The van der Waals surface area contributed by atoms with E-state index in [1.165, 1.54) is 0 Å². The molecule has 3 aromatic carbocycles. The highest BCUT2D eigenvalue weighted by Gasteiger charge is 1.98. The van der Waals surface area contributed by atoms with Crippen molar-refractivity contribution in [3.8, 4) is 0 Å². The fraction of sp³-hybridized carbons (Fsp3) is 0. The van der Waals surface area contributed by atoms with E-state index in [9.17, 15) is 0 Å². The number of fused-ring (bicyclic) bond motifs is 2. The van der Waals surface area contributed by atoms with Gasteiger partial charge in [-0.25, -0.2) is 0 Å². The quantitative estimate of drug-likeness (QED) is 0.487. The van der Waals surface area contributed by atoms with Crippen molar-refractivity contribution >= 4 is 33.1 Å². The number of hydrogen-bond donors (Lipinski definition) is 0. The summed E-state index contributed by atoms with van der Waals surface area (Å²) in [6, 6.07) is 20.5. The van der Waals surface area contributed by atoms with Crippen molar-refractivity contribution in [1.82, 2.24) is 0 Å². The van der Waals surface area contributed by atoms with Gasteiger partial charge in [-0.15, -0.1) is 0 Å². The Hall–Kier alpha value is -1.53. The van der Waals surface area contributed by atoms with Crippen LogP contribution < -0.4 is 0 Å². The first-order valence-corrected chi connectivity index (χ1v) is 5.13. The molecule has 0 aromatic heterocycles. The van der Waals surface area contributed by atoms with Gasteiger partial charge in [0.15, 0.2) is 0 Å². The molecule has 0 saturated carbocycles. The van der Waals surface area contributed by atoms with E-state index < -0.39 is 0 Å². The van der Waals surface area contributed by atoms with Crippen LogP contribution in [-0.4, -0.2) is 0 Å². The Bertz CT molecular complexity index is 641. The number of benzene rings is 3. The summed E-state index contributed by atoms with van der Waals surface area (Å²) >= 11 is 5.94. The van der Waals surface area contributed by atoms with Gasteiger partial charge in [0.25, 0.3) is 0 Å². The molecule has 15 heavy (non-hydrogen) atoms. The highest BCUT2D eigenvalue weighted by molar-refractivity contribution is 6.31.